The largest absolute Gasteiger partial charge is 0.357 e. The maximum absolute atomic E-state index is 13.2. The van der Waals surface area contributed by atoms with Gasteiger partial charge in [0.05, 0.1) is 10.6 Å². The summed E-state index contributed by atoms with van der Waals surface area (Å²) in [7, 11) is -3.27. The fraction of sp³-hybridized carbons (Fsp3) is 0.350. The molecule has 5 nitrogen and oxygen atoms in total. The SMILES string of the molecule is CCNC(=NCCCS(=O)(=O)c1ccccc1)NCCc1cccc(F)c1. The Morgan fingerprint density at radius 3 is 2.56 bits per heavy atom. The second-order valence-corrected chi connectivity index (χ2v) is 8.16. The first-order valence-corrected chi connectivity index (χ1v) is 10.7. The first-order chi connectivity index (χ1) is 13.0. The van der Waals surface area contributed by atoms with Crippen molar-refractivity contribution in [1.82, 2.24) is 10.6 Å². The van der Waals surface area contributed by atoms with E-state index in [1.807, 2.05) is 13.0 Å². The number of guanidine groups is 1. The lowest BCUT2D eigenvalue weighted by molar-refractivity contribution is 0.593. The van der Waals surface area contributed by atoms with Crippen LogP contribution in [0.2, 0.25) is 0 Å². The van der Waals surface area contributed by atoms with Crippen LogP contribution in [0.1, 0.15) is 18.9 Å². The van der Waals surface area contributed by atoms with Gasteiger partial charge in [-0.15, -0.1) is 0 Å². The Hall–Kier alpha value is -2.41. The van der Waals surface area contributed by atoms with Crippen LogP contribution in [0.5, 0.6) is 0 Å². The van der Waals surface area contributed by atoms with Crippen molar-refractivity contribution < 1.29 is 12.8 Å². The molecule has 146 valence electrons. The number of halogens is 1. The molecule has 2 rings (SSSR count). The second kappa shape index (κ2) is 10.7. The smallest absolute Gasteiger partial charge is 0.191 e. The molecule has 0 saturated heterocycles. The van der Waals surface area contributed by atoms with E-state index in [1.54, 1.807) is 36.4 Å². The molecule has 0 radical (unpaired) electrons. The van der Waals surface area contributed by atoms with E-state index in [9.17, 15) is 12.8 Å². The highest BCUT2D eigenvalue weighted by Crippen LogP contribution is 2.11. The number of rotatable bonds is 9. The maximum Gasteiger partial charge on any atom is 0.191 e. The minimum atomic E-state index is -3.27. The van der Waals surface area contributed by atoms with E-state index < -0.39 is 9.84 Å². The van der Waals surface area contributed by atoms with E-state index in [1.165, 1.54) is 12.1 Å². The van der Waals surface area contributed by atoms with Gasteiger partial charge in [-0.05, 0) is 49.6 Å². The Labute approximate surface area is 160 Å². The highest BCUT2D eigenvalue weighted by Gasteiger charge is 2.12. The van der Waals surface area contributed by atoms with Crippen LogP contribution in [-0.2, 0) is 16.3 Å². The Kier molecular flexibility index (Phi) is 8.26. The fourth-order valence-electron chi connectivity index (χ4n) is 2.55. The molecule has 0 bridgehead atoms. The van der Waals surface area contributed by atoms with Gasteiger partial charge in [-0.3, -0.25) is 4.99 Å². The van der Waals surface area contributed by atoms with E-state index in [-0.39, 0.29) is 11.6 Å². The Balaban J connectivity index is 1.80. The van der Waals surface area contributed by atoms with Gasteiger partial charge in [0, 0.05) is 19.6 Å². The second-order valence-electron chi connectivity index (χ2n) is 6.05. The van der Waals surface area contributed by atoms with Crippen molar-refractivity contribution >= 4 is 15.8 Å². The first kappa shape index (κ1) is 20.9. The molecule has 7 heteroatoms. The summed E-state index contributed by atoms with van der Waals surface area (Å²) in [5.41, 5.74) is 0.910. The molecular weight excluding hydrogens is 365 g/mol. The molecule has 0 spiro atoms. The third-order valence-electron chi connectivity index (χ3n) is 3.88. The molecule has 0 aromatic heterocycles. The molecule has 0 aliphatic heterocycles. The Morgan fingerprint density at radius 2 is 1.85 bits per heavy atom. The highest BCUT2D eigenvalue weighted by atomic mass is 32.2. The van der Waals surface area contributed by atoms with Gasteiger partial charge >= 0.3 is 0 Å². The zero-order chi connectivity index (χ0) is 19.5. The molecule has 0 aliphatic rings. The third kappa shape index (κ3) is 7.38. The van der Waals surface area contributed by atoms with Crippen molar-refractivity contribution in [1.29, 1.82) is 0 Å². The highest BCUT2D eigenvalue weighted by molar-refractivity contribution is 7.91. The monoisotopic (exact) mass is 391 g/mol. The van der Waals surface area contributed by atoms with Crippen molar-refractivity contribution in [2.75, 3.05) is 25.4 Å². The molecule has 0 amide bonds. The topological polar surface area (TPSA) is 70.6 Å². The molecular formula is C20H26FN3O2S. The van der Waals surface area contributed by atoms with Crippen LogP contribution in [-0.4, -0.2) is 39.8 Å². The lowest BCUT2D eigenvalue weighted by Crippen LogP contribution is -2.38. The summed E-state index contributed by atoms with van der Waals surface area (Å²) in [4.78, 5) is 4.76. The minimum Gasteiger partial charge on any atom is -0.357 e. The van der Waals surface area contributed by atoms with Crippen LogP contribution in [0.15, 0.2) is 64.5 Å². The van der Waals surface area contributed by atoms with Crippen LogP contribution in [0.25, 0.3) is 0 Å². The van der Waals surface area contributed by atoms with Crippen LogP contribution in [0.4, 0.5) is 4.39 Å². The molecule has 2 N–H and O–H groups in total. The number of sulfone groups is 1. The molecule has 0 unspecified atom stereocenters. The van der Waals surface area contributed by atoms with Gasteiger partial charge in [-0.1, -0.05) is 30.3 Å². The van der Waals surface area contributed by atoms with E-state index >= 15 is 0 Å². The zero-order valence-corrected chi connectivity index (χ0v) is 16.3. The lowest BCUT2D eigenvalue weighted by Gasteiger charge is -2.11. The number of benzene rings is 2. The van der Waals surface area contributed by atoms with Gasteiger partial charge in [0.1, 0.15) is 5.82 Å². The van der Waals surface area contributed by atoms with Crippen LogP contribution < -0.4 is 10.6 Å². The molecule has 0 heterocycles. The predicted molar refractivity (Wildman–Crippen MR) is 107 cm³/mol. The molecule has 27 heavy (non-hydrogen) atoms. The summed E-state index contributed by atoms with van der Waals surface area (Å²) in [5, 5.41) is 6.31. The number of hydrogen-bond acceptors (Lipinski definition) is 3. The van der Waals surface area contributed by atoms with Gasteiger partial charge < -0.3 is 10.6 Å². The summed E-state index contributed by atoms with van der Waals surface area (Å²) in [6.45, 7) is 3.68. The van der Waals surface area contributed by atoms with E-state index in [4.69, 9.17) is 0 Å². The number of aliphatic imine (C=N–C) groups is 1. The maximum atomic E-state index is 13.2. The van der Waals surface area contributed by atoms with Gasteiger partial charge in [0.25, 0.3) is 0 Å². The standard InChI is InChI=1S/C20H26FN3O2S/c1-2-22-20(24-14-12-17-8-6-9-18(21)16-17)23-13-7-15-27(25,26)19-10-4-3-5-11-19/h3-6,8-11,16H,2,7,12-15H2,1H3,(H2,22,23,24). The molecule has 2 aromatic carbocycles. The van der Waals surface area contributed by atoms with Gasteiger partial charge in [0.15, 0.2) is 15.8 Å². The summed E-state index contributed by atoms with van der Waals surface area (Å²) < 4.78 is 37.7. The van der Waals surface area contributed by atoms with Crippen molar-refractivity contribution in [3.05, 3.63) is 66.0 Å². The minimum absolute atomic E-state index is 0.0587. The summed E-state index contributed by atoms with van der Waals surface area (Å²) >= 11 is 0. The zero-order valence-electron chi connectivity index (χ0n) is 15.5. The lowest BCUT2D eigenvalue weighted by atomic mass is 10.1. The van der Waals surface area contributed by atoms with Crippen LogP contribution in [0.3, 0.4) is 0 Å². The first-order valence-electron chi connectivity index (χ1n) is 9.05. The molecule has 0 fully saturated rings. The van der Waals surface area contributed by atoms with Gasteiger partial charge in [-0.2, -0.15) is 0 Å². The number of nitrogens with one attached hydrogen (secondary N) is 2. The summed E-state index contributed by atoms with van der Waals surface area (Å²) in [6, 6.07) is 15.0. The molecule has 0 saturated carbocycles. The van der Waals surface area contributed by atoms with Crippen molar-refractivity contribution in [2.45, 2.75) is 24.7 Å². The summed E-state index contributed by atoms with van der Waals surface area (Å²) in [6.07, 6.45) is 1.11. The number of nitrogens with zero attached hydrogens (tertiary/aromatic N) is 1. The van der Waals surface area contributed by atoms with Crippen molar-refractivity contribution in [2.24, 2.45) is 4.99 Å². The van der Waals surface area contributed by atoms with E-state index in [2.05, 4.69) is 15.6 Å². The van der Waals surface area contributed by atoms with E-state index in [0.717, 1.165) is 5.56 Å². The third-order valence-corrected chi connectivity index (χ3v) is 5.70. The van der Waals surface area contributed by atoms with Gasteiger partial charge in [-0.25, -0.2) is 12.8 Å². The van der Waals surface area contributed by atoms with Gasteiger partial charge in [0.2, 0.25) is 0 Å². The summed E-state index contributed by atoms with van der Waals surface area (Å²) in [5.74, 6) is 0.446. The average molecular weight is 392 g/mol. The fourth-order valence-corrected chi connectivity index (χ4v) is 3.87. The van der Waals surface area contributed by atoms with Crippen molar-refractivity contribution in [3.8, 4) is 0 Å². The average Bonchev–Trinajstić information content (AvgIpc) is 2.66. The molecule has 0 atom stereocenters. The Bertz CT molecular complexity index is 839. The van der Waals surface area contributed by atoms with E-state index in [0.29, 0.717) is 43.3 Å². The Morgan fingerprint density at radius 1 is 1.07 bits per heavy atom. The number of hydrogen-bond donors (Lipinski definition) is 2. The molecule has 2 aromatic rings. The quantitative estimate of drug-likeness (QED) is 0.392. The van der Waals surface area contributed by atoms with Crippen LogP contribution >= 0.6 is 0 Å². The van der Waals surface area contributed by atoms with Crippen LogP contribution in [0, 0.1) is 5.82 Å². The van der Waals surface area contributed by atoms with Crippen molar-refractivity contribution in [3.63, 3.8) is 0 Å². The normalized spacial score (nSPS) is 12.0. The predicted octanol–water partition coefficient (Wildman–Crippen LogP) is 2.79. The molecule has 0 aliphatic carbocycles.